The molecule has 0 atom stereocenters. The van der Waals surface area contributed by atoms with Gasteiger partial charge in [0.25, 0.3) is 5.89 Å². The van der Waals surface area contributed by atoms with Crippen molar-refractivity contribution in [3.8, 4) is 11.5 Å². The van der Waals surface area contributed by atoms with Crippen molar-refractivity contribution in [2.24, 2.45) is 0 Å². The van der Waals surface area contributed by atoms with Gasteiger partial charge in [-0.15, -0.1) is 10.2 Å². The monoisotopic (exact) mass is 368 g/mol. The van der Waals surface area contributed by atoms with Gasteiger partial charge in [0.2, 0.25) is 21.8 Å². The van der Waals surface area contributed by atoms with Crippen LogP contribution in [-0.4, -0.2) is 66.2 Å². The largest absolute Gasteiger partial charge is 0.469 e. The van der Waals surface area contributed by atoms with Crippen molar-refractivity contribution in [1.82, 2.24) is 19.4 Å². The van der Waals surface area contributed by atoms with Gasteiger partial charge >= 0.3 is 0 Å². The Morgan fingerprint density at radius 2 is 1.96 bits per heavy atom. The van der Waals surface area contributed by atoms with Gasteiger partial charge in [-0.05, 0) is 13.0 Å². The molecule has 2 aromatic heterocycles. The van der Waals surface area contributed by atoms with Crippen LogP contribution in [0.4, 0.5) is 0 Å². The average molecular weight is 368 g/mol. The summed E-state index contributed by atoms with van der Waals surface area (Å²) in [4.78, 5) is 13.9. The summed E-state index contributed by atoms with van der Waals surface area (Å²) in [6, 6.07) is 1.75. The number of piperazine rings is 1. The lowest BCUT2D eigenvalue weighted by atomic mass is 10.2. The van der Waals surface area contributed by atoms with Gasteiger partial charge in [0.15, 0.2) is 0 Å². The summed E-state index contributed by atoms with van der Waals surface area (Å²) >= 11 is 0. The summed E-state index contributed by atoms with van der Waals surface area (Å²) in [6.45, 7) is 3.26. The smallest absolute Gasteiger partial charge is 0.251 e. The van der Waals surface area contributed by atoms with E-state index in [0.29, 0.717) is 50.1 Å². The molecule has 1 fully saturated rings. The van der Waals surface area contributed by atoms with Crippen molar-refractivity contribution in [1.29, 1.82) is 0 Å². The second kappa shape index (κ2) is 6.96. The van der Waals surface area contributed by atoms with Gasteiger partial charge in [-0.3, -0.25) is 4.79 Å². The molecule has 1 saturated heterocycles. The van der Waals surface area contributed by atoms with E-state index < -0.39 is 10.0 Å². The molecule has 10 heteroatoms. The minimum Gasteiger partial charge on any atom is -0.469 e. The molecule has 1 aliphatic heterocycles. The summed E-state index contributed by atoms with van der Waals surface area (Å²) in [5.74, 6) is 1.40. The Hall–Kier alpha value is -2.20. The van der Waals surface area contributed by atoms with Gasteiger partial charge in [0.1, 0.15) is 5.76 Å². The van der Waals surface area contributed by atoms with Crippen molar-refractivity contribution in [3.63, 3.8) is 0 Å². The Morgan fingerprint density at radius 3 is 2.56 bits per heavy atom. The lowest BCUT2D eigenvalue weighted by molar-refractivity contribution is -0.132. The van der Waals surface area contributed by atoms with E-state index in [4.69, 9.17) is 8.83 Å². The van der Waals surface area contributed by atoms with Crippen molar-refractivity contribution >= 4 is 15.9 Å². The molecule has 3 rings (SSSR count). The maximum atomic E-state index is 12.3. The second-order valence-corrected chi connectivity index (χ2v) is 7.92. The van der Waals surface area contributed by atoms with E-state index in [1.807, 2.05) is 0 Å². The predicted octanol–water partition coefficient (Wildman–Crippen LogP) is 0.674. The highest BCUT2D eigenvalue weighted by molar-refractivity contribution is 7.88. The minimum atomic E-state index is -3.20. The van der Waals surface area contributed by atoms with Crippen LogP contribution in [0.2, 0.25) is 0 Å². The average Bonchev–Trinajstić information content (AvgIpc) is 3.20. The molecule has 2 aromatic rings. The second-order valence-electron chi connectivity index (χ2n) is 5.93. The summed E-state index contributed by atoms with van der Waals surface area (Å²) in [5, 5.41) is 7.93. The molecule has 0 N–H and O–H groups in total. The fraction of sp³-hybridized carbons (Fsp3) is 0.533. The molecule has 0 aliphatic carbocycles. The van der Waals surface area contributed by atoms with E-state index in [0.717, 1.165) is 5.56 Å². The number of nitrogens with zero attached hydrogens (tertiary/aromatic N) is 4. The number of carbonyl (C=O) groups excluding carboxylic acids is 1. The number of hydrogen-bond acceptors (Lipinski definition) is 7. The third-order valence-electron chi connectivity index (χ3n) is 4.17. The Kier molecular flexibility index (Phi) is 4.91. The van der Waals surface area contributed by atoms with Crippen molar-refractivity contribution in [3.05, 3.63) is 24.0 Å². The highest BCUT2D eigenvalue weighted by Gasteiger charge is 2.26. The van der Waals surface area contributed by atoms with Crippen LogP contribution in [0.15, 0.2) is 21.2 Å². The standard InChI is InChI=1S/C15H20N4O5S/c1-11-12(5-10-23-11)15-17-16-13(24-15)3-4-14(20)18-6-8-19(9-7-18)25(2,21)22/h5,10H,3-4,6-9H2,1-2H3. The first kappa shape index (κ1) is 17.6. The number of sulfonamides is 1. The number of aromatic nitrogens is 2. The predicted molar refractivity (Wildman–Crippen MR) is 88.1 cm³/mol. The van der Waals surface area contributed by atoms with E-state index in [1.54, 1.807) is 24.2 Å². The zero-order valence-electron chi connectivity index (χ0n) is 14.1. The summed E-state index contributed by atoms with van der Waals surface area (Å²) in [7, 11) is -3.20. The Bertz CT molecular complexity index is 849. The lowest BCUT2D eigenvalue weighted by Crippen LogP contribution is -2.50. The fourth-order valence-electron chi connectivity index (χ4n) is 2.71. The highest BCUT2D eigenvalue weighted by atomic mass is 32.2. The lowest BCUT2D eigenvalue weighted by Gasteiger charge is -2.33. The molecule has 0 radical (unpaired) electrons. The molecule has 1 amide bonds. The number of hydrogen-bond donors (Lipinski definition) is 0. The zero-order valence-corrected chi connectivity index (χ0v) is 15.0. The van der Waals surface area contributed by atoms with E-state index in [-0.39, 0.29) is 12.3 Å². The molecule has 0 bridgehead atoms. The molecule has 0 saturated carbocycles. The molecule has 9 nitrogen and oxygen atoms in total. The fourth-order valence-corrected chi connectivity index (χ4v) is 3.54. The highest BCUT2D eigenvalue weighted by Crippen LogP contribution is 2.23. The minimum absolute atomic E-state index is 0.0487. The molecule has 0 spiro atoms. The first-order valence-electron chi connectivity index (χ1n) is 7.94. The first-order chi connectivity index (χ1) is 11.8. The number of amides is 1. The molecule has 1 aliphatic rings. The third kappa shape index (κ3) is 4.07. The van der Waals surface area contributed by atoms with E-state index >= 15 is 0 Å². The van der Waals surface area contributed by atoms with Crippen LogP contribution in [0.25, 0.3) is 11.5 Å². The van der Waals surface area contributed by atoms with Crippen LogP contribution in [0, 0.1) is 6.92 Å². The first-order valence-corrected chi connectivity index (χ1v) is 9.79. The van der Waals surface area contributed by atoms with Crippen LogP contribution in [0.5, 0.6) is 0 Å². The van der Waals surface area contributed by atoms with E-state index in [2.05, 4.69) is 10.2 Å². The normalized spacial score (nSPS) is 16.3. The summed E-state index contributed by atoms with van der Waals surface area (Å²) in [6.07, 6.45) is 3.31. The van der Waals surface area contributed by atoms with E-state index in [9.17, 15) is 13.2 Å². The van der Waals surface area contributed by atoms with Crippen LogP contribution in [0.3, 0.4) is 0 Å². The van der Waals surface area contributed by atoms with Crippen LogP contribution in [-0.2, 0) is 21.2 Å². The number of rotatable bonds is 5. The molecule has 3 heterocycles. The third-order valence-corrected chi connectivity index (χ3v) is 5.47. The summed E-state index contributed by atoms with van der Waals surface area (Å²) < 4.78 is 35.1. The molecule has 25 heavy (non-hydrogen) atoms. The van der Waals surface area contributed by atoms with Crippen LogP contribution >= 0.6 is 0 Å². The van der Waals surface area contributed by atoms with Gasteiger partial charge in [-0.1, -0.05) is 0 Å². The quantitative estimate of drug-likeness (QED) is 0.763. The molecular weight excluding hydrogens is 348 g/mol. The SMILES string of the molecule is Cc1occc1-c1nnc(CCC(=O)N2CCN(S(C)(=O)=O)CC2)o1. The van der Waals surface area contributed by atoms with Gasteiger partial charge in [-0.25, -0.2) is 8.42 Å². The van der Waals surface area contributed by atoms with Gasteiger partial charge in [-0.2, -0.15) is 4.31 Å². The van der Waals surface area contributed by atoms with Crippen LogP contribution in [0.1, 0.15) is 18.1 Å². The van der Waals surface area contributed by atoms with Gasteiger partial charge < -0.3 is 13.7 Å². The van der Waals surface area contributed by atoms with Gasteiger partial charge in [0.05, 0.1) is 18.1 Å². The molecule has 136 valence electrons. The Labute approximate surface area is 145 Å². The number of carbonyl (C=O) groups is 1. The zero-order chi connectivity index (χ0) is 18.0. The van der Waals surface area contributed by atoms with Crippen molar-refractivity contribution in [2.45, 2.75) is 19.8 Å². The topological polar surface area (TPSA) is 110 Å². The summed E-state index contributed by atoms with van der Waals surface area (Å²) in [5.41, 5.74) is 0.738. The van der Waals surface area contributed by atoms with Crippen LogP contribution < -0.4 is 0 Å². The van der Waals surface area contributed by atoms with E-state index in [1.165, 1.54) is 10.6 Å². The maximum Gasteiger partial charge on any atom is 0.251 e. The number of furan rings is 1. The molecule has 0 aromatic carbocycles. The van der Waals surface area contributed by atoms with Crippen molar-refractivity contribution < 1.29 is 22.0 Å². The van der Waals surface area contributed by atoms with Gasteiger partial charge in [0, 0.05) is 39.0 Å². The molecule has 0 unspecified atom stereocenters. The maximum absolute atomic E-state index is 12.3. The number of aryl methyl sites for hydroxylation is 2. The Morgan fingerprint density at radius 1 is 1.24 bits per heavy atom. The van der Waals surface area contributed by atoms with Crippen molar-refractivity contribution in [2.75, 3.05) is 32.4 Å². The molecular formula is C15H20N4O5S. The Balaban J connectivity index is 1.52.